The molecule has 1 saturated heterocycles. The summed E-state index contributed by atoms with van der Waals surface area (Å²) in [5.74, 6) is -0.723. The van der Waals surface area contributed by atoms with Crippen LogP contribution >= 0.6 is 0 Å². The van der Waals surface area contributed by atoms with Crippen LogP contribution in [0.3, 0.4) is 0 Å². The molecule has 35 heavy (non-hydrogen) atoms. The first-order chi connectivity index (χ1) is 16.9. The Morgan fingerprint density at radius 2 is 1.74 bits per heavy atom. The molecule has 1 fully saturated rings. The van der Waals surface area contributed by atoms with Crippen LogP contribution in [0.5, 0.6) is 0 Å². The SMILES string of the molecule is O=C(NNC(=O)[C@@H]1CCCN(c2ncccn2)C1)c1cccc(S(=O)(=O)NCc2ccccc2)c1. The zero-order valence-electron chi connectivity index (χ0n) is 18.9. The number of carbonyl (C=O) groups is 2. The van der Waals surface area contributed by atoms with Crippen LogP contribution in [0, 0.1) is 5.92 Å². The fourth-order valence-corrected chi connectivity index (χ4v) is 4.85. The Kier molecular flexibility index (Phi) is 7.68. The van der Waals surface area contributed by atoms with Gasteiger partial charge in [0.2, 0.25) is 21.9 Å². The third-order valence-corrected chi connectivity index (χ3v) is 7.04. The van der Waals surface area contributed by atoms with E-state index in [1.54, 1.807) is 18.5 Å². The van der Waals surface area contributed by atoms with Gasteiger partial charge in [0, 0.05) is 37.6 Å². The summed E-state index contributed by atoms with van der Waals surface area (Å²) < 4.78 is 27.9. The van der Waals surface area contributed by atoms with Crippen LogP contribution in [0.1, 0.15) is 28.8 Å². The number of piperidine rings is 1. The molecule has 3 aromatic rings. The predicted molar refractivity (Wildman–Crippen MR) is 129 cm³/mol. The fourth-order valence-electron chi connectivity index (χ4n) is 3.78. The van der Waals surface area contributed by atoms with E-state index in [1.165, 1.54) is 24.3 Å². The van der Waals surface area contributed by atoms with Crippen LogP contribution < -0.4 is 20.5 Å². The molecule has 2 heterocycles. The van der Waals surface area contributed by atoms with Crippen molar-refractivity contribution in [1.29, 1.82) is 0 Å². The highest BCUT2D eigenvalue weighted by atomic mass is 32.2. The van der Waals surface area contributed by atoms with E-state index in [4.69, 9.17) is 0 Å². The largest absolute Gasteiger partial charge is 0.340 e. The molecule has 182 valence electrons. The van der Waals surface area contributed by atoms with Gasteiger partial charge in [-0.25, -0.2) is 23.1 Å². The van der Waals surface area contributed by atoms with Gasteiger partial charge >= 0.3 is 0 Å². The summed E-state index contributed by atoms with van der Waals surface area (Å²) in [7, 11) is -3.83. The maximum atomic E-state index is 12.7. The maximum Gasteiger partial charge on any atom is 0.269 e. The molecule has 10 nitrogen and oxygen atoms in total. The number of rotatable bonds is 7. The highest BCUT2D eigenvalue weighted by Crippen LogP contribution is 2.20. The normalized spacial score (nSPS) is 15.9. The second-order valence-electron chi connectivity index (χ2n) is 8.12. The standard InChI is InChI=1S/C24H26N6O4S/c31-22(28-29-23(32)20-10-5-14-30(17-20)24-25-12-6-13-26-24)19-9-4-11-21(15-19)35(33,34)27-16-18-7-2-1-3-8-18/h1-4,6-9,11-13,15,20,27H,5,10,14,16-17H2,(H,28,31)(H,29,32)/t20-/m1/s1. The number of sulfonamides is 1. The van der Waals surface area contributed by atoms with Crippen molar-refractivity contribution in [3.63, 3.8) is 0 Å². The lowest BCUT2D eigenvalue weighted by atomic mass is 9.98. The molecule has 1 aliphatic heterocycles. The zero-order chi connectivity index (χ0) is 24.7. The van der Waals surface area contributed by atoms with Gasteiger partial charge in [-0.3, -0.25) is 20.4 Å². The molecule has 0 radical (unpaired) electrons. The summed E-state index contributed by atoms with van der Waals surface area (Å²) in [6, 6.07) is 16.5. The van der Waals surface area contributed by atoms with Crippen molar-refractivity contribution in [2.24, 2.45) is 5.92 Å². The Labute approximate surface area is 203 Å². The molecule has 0 unspecified atom stereocenters. The van der Waals surface area contributed by atoms with Gasteiger partial charge in [-0.15, -0.1) is 0 Å². The van der Waals surface area contributed by atoms with E-state index < -0.39 is 15.9 Å². The molecule has 0 aliphatic carbocycles. The molecule has 1 atom stereocenters. The van der Waals surface area contributed by atoms with Crippen molar-refractivity contribution in [1.82, 2.24) is 25.5 Å². The summed E-state index contributed by atoms with van der Waals surface area (Å²) in [4.78, 5) is 35.6. The number of carbonyl (C=O) groups excluding carboxylic acids is 2. The first-order valence-electron chi connectivity index (χ1n) is 11.2. The summed E-state index contributed by atoms with van der Waals surface area (Å²) in [6.07, 6.45) is 4.77. The monoisotopic (exact) mass is 494 g/mol. The van der Waals surface area contributed by atoms with Crippen LogP contribution in [0.2, 0.25) is 0 Å². The van der Waals surface area contributed by atoms with Crippen molar-refractivity contribution >= 4 is 27.8 Å². The molecule has 4 rings (SSSR count). The van der Waals surface area contributed by atoms with Crippen LogP contribution in [-0.4, -0.2) is 43.3 Å². The Morgan fingerprint density at radius 3 is 2.51 bits per heavy atom. The summed E-state index contributed by atoms with van der Waals surface area (Å²) in [6.45, 7) is 1.31. The van der Waals surface area contributed by atoms with Crippen LogP contribution in [0.15, 0.2) is 78.0 Å². The molecule has 1 aliphatic rings. The second-order valence-corrected chi connectivity index (χ2v) is 9.88. The van der Waals surface area contributed by atoms with E-state index in [0.717, 1.165) is 18.5 Å². The smallest absolute Gasteiger partial charge is 0.269 e. The number of hydrazine groups is 1. The number of anilines is 1. The Morgan fingerprint density at radius 1 is 0.971 bits per heavy atom. The molecular formula is C24H26N6O4S. The number of amides is 2. The lowest BCUT2D eigenvalue weighted by Crippen LogP contribution is -2.49. The number of hydrogen-bond donors (Lipinski definition) is 3. The molecule has 11 heteroatoms. The van der Waals surface area contributed by atoms with Crippen molar-refractivity contribution in [2.45, 2.75) is 24.3 Å². The van der Waals surface area contributed by atoms with Crippen LogP contribution in [0.4, 0.5) is 5.95 Å². The molecule has 1 aromatic heterocycles. The summed E-state index contributed by atoms with van der Waals surface area (Å²) in [5, 5.41) is 0. The minimum Gasteiger partial charge on any atom is -0.340 e. The van der Waals surface area contributed by atoms with Gasteiger partial charge in [-0.1, -0.05) is 36.4 Å². The van der Waals surface area contributed by atoms with Crippen molar-refractivity contribution in [3.05, 3.63) is 84.2 Å². The first-order valence-corrected chi connectivity index (χ1v) is 12.7. The average Bonchev–Trinajstić information content (AvgIpc) is 2.91. The summed E-state index contributed by atoms with van der Waals surface area (Å²) >= 11 is 0. The Balaban J connectivity index is 1.33. The topological polar surface area (TPSA) is 133 Å². The van der Waals surface area contributed by atoms with Gasteiger partial charge in [-0.2, -0.15) is 0 Å². The second kappa shape index (κ2) is 11.1. The number of nitrogens with one attached hydrogen (secondary N) is 3. The van der Waals surface area contributed by atoms with Crippen molar-refractivity contribution in [3.8, 4) is 0 Å². The van der Waals surface area contributed by atoms with Gasteiger partial charge in [0.25, 0.3) is 5.91 Å². The zero-order valence-corrected chi connectivity index (χ0v) is 19.7. The van der Waals surface area contributed by atoms with Crippen molar-refractivity contribution < 1.29 is 18.0 Å². The number of nitrogens with zero attached hydrogens (tertiary/aromatic N) is 3. The molecular weight excluding hydrogens is 468 g/mol. The highest BCUT2D eigenvalue weighted by molar-refractivity contribution is 7.89. The Bertz CT molecular complexity index is 1270. The third kappa shape index (κ3) is 6.40. The van der Waals surface area contributed by atoms with Crippen LogP contribution in [-0.2, 0) is 21.4 Å². The lowest BCUT2D eigenvalue weighted by molar-refractivity contribution is -0.126. The van der Waals surface area contributed by atoms with E-state index in [2.05, 4.69) is 25.5 Å². The van der Waals surface area contributed by atoms with Gasteiger partial charge in [0.15, 0.2) is 0 Å². The predicted octanol–water partition coefficient (Wildman–Crippen LogP) is 1.63. The average molecular weight is 495 g/mol. The number of hydrogen-bond acceptors (Lipinski definition) is 7. The Hall–Kier alpha value is -3.83. The van der Waals surface area contributed by atoms with Crippen LogP contribution in [0.25, 0.3) is 0 Å². The number of benzene rings is 2. The quantitative estimate of drug-likeness (QED) is 0.425. The van der Waals surface area contributed by atoms with E-state index in [9.17, 15) is 18.0 Å². The van der Waals surface area contributed by atoms with E-state index in [0.29, 0.717) is 18.9 Å². The summed E-state index contributed by atoms with van der Waals surface area (Å²) in [5.41, 5.74) is 5.76. The van der Waals surface area contributed by atoms with Gasteiger partial charge < -0.3 is 4.90 Å². The molecule has 3 N–H and O–H groups in total. The molecule has 0 bridgehead atoms. The lowest BCUT2D eigenvalue weighted by Gasteiger charge is -2.31. The van der Waals surface area contributed by atoms with Gasteiger partial charge in [-0.05, 0) is 42.7 Å². The molecule has 0 spiro atoms. The van der Waals surface area contributed by atoms with E-state index >= 15 is 0 Å². The molecule has 2 amide bonds. The number of aromatic nitrogens is 2. The fraction of sp³-hybridized carbons (Fsp3) is 0.250. The van der Waals surface area contributed by atoms with Crippen molar-refractivity contribution in [2.75, 3.05) is 18.0 Å². The first kappa shape index (κ1) is 24.3. The molecule has 0 saturated carbocycles. The van der Waals surface area contributed by atoms with Gasteiger partial charge in [0.05, 0.1) is 10.8 Å². The van der Waals surface area contributed by atoms with E-state index in [1.807, 2.05) is 35.2 Å². The van der Waals surface area contributed by atoms with E-state index in [-0.39, 0.29) is 28.8 Å². The van der Waals surface area contributed by atoms with Gasteiger partial charge in [0.1, 0.15) is 0 Å². The minimum atomic E-state index is -3.83. The third-order valence-electron chi connectivity index (χ3n) is 5.64. The maximum absolute atomic E-state index is 12.7. The minimum absolute atomic E-state index is 0.0433. The highest BCUT2D eigenvalue weighted by Gasteiger charge is 2.27. The molecule has 2 aromatic carbocycles.